The van der Waals surface area contributed by atoms with Gasteiger partial charge in [0.25, 0.3) is 0 Å². The highest BCUT2D eigenvalue weighted by atomic mass is 35.5. The van der Waals surface area contributed by atoms with E-state index < -0.39 is 5.97 Å². The van der Waals surface area contributed by atoms with Crippen LogP contribution in [0.4, 0.5) is 0 Å². The zero-order chi connectivity index (χ0) is 14.8. The van der Waals surface area contributed by atoms with Crippen molar-refractivity contribution < 1.29 is 9.90 Å². The molecule has 0 radical (unpaired) electrons. The smallest absolute Gasteiger partial charge is 0.307 e. The standard InChI is InChI=1S/C15H16ClNO2S2/c16-13-4-3-12(21-13)14(11-5-7-20-9-11)17-6-1-2-10(8-17)15(18)19/h3-5,7,9-10,14H,1-2,6,8H2,(H,18,19). The Kier molecular flexibility index (Phi) is 4.64. The maximum atomic E-state index is 11.3. The summed E-state index contributed by atoms with van der Waals surface area (Å²) >= 11 is 9.34. The number of carbonyl (C=O) groups is 1. The summed E-state index contributed by atoms with van der Waals surface area (Å²) in [6.07, 6.45) is 1.70. The maximum absolute atomic E-state index is 11.3. The van der Waals surface area contributed by atoms with Crippen molar-refractivity contribution in [1.82, 2.24) is 4.90 Å². The molecule has 3 nitrogen and oxygen atoms in total. The second-order valence-corrected chi connectivity index (χ2v) is 7.80. The summed E-state index contributed by atoms with van der Waals surface area (Å²) < 4.78 is 0.775. The first-order valence-electron chi connectivity index (χ1n) is 6.89. The van der Waals surface area contributed by atoms with Crippen LogP contribution in [0.3, 0.4) is 0 Å². The SMILES string of the molecule is O=C(O)C1CCCN(C(c2ccsc2)c2ccc(Cl)s2)C1. The van der Waals surface area contributed by atoms with Gasteiger partial charge in [-0.05, 0) is 53.9 Å². The van der Waals surface area contributed by atoms with Gasteiger partial charge in [0.1, 0.15) is 0 Å². The summed E-state index contributed by atoms with van der Waals surface area (Å²) in [5, 5.41) is 13.5. The predicted octanol–water partition coefficient (Wildman–Crippen LogP) is 4.35. The van der Waals surface area contributed by atoms with E-state index in [-0.39, 0.29) is 12.0 Å². The Bertz CT molecular complexity index is 611. The molecule has 1 aliphatic rings. The van der Waals surface area contributed by atoms with E-state index in [0.29, 0.717) is 6.54 Å². The second kappa shape index (κ2) is 6.48. The molecule has 0 bridgehead atoms. The van der Waals surface area contributed by atoms with E-state index in [1.807, 2.05) is 6.07 Å². The topological polar surface area (TPSA) is 40.5 Å². The summed E-state index contributed by atoms with van der Waals surface area (Å²) in [5.74, 6) is -0.955. The molecular weight excluding hydrogens is 326 g/mol. The van der Waals surface area contributed by atoms with Crippen LogP contribution in [0, 0.1) is 5.92 Å². The molecule has 0 amide bonds. The van der Waals surface area contributed by atoms with Crippen molar-refractivity contribution in [2.24, 2.45) is 5.92 Å². The highest BCUT2D eigenvalue weighted by molar-refractivity contribution is 7.16. The summed E-state index contributed by atoms with van der Waals surface area (Å²) in [4.78, 5) is 14.8. The molecule has 0 aliphatic carbocycles. The molecule has 1 fully saturated rings. The molecule has 112 valence electrons. The molecule has 2 atom stereocenters. The van der Waals surface area contributed by atoms with Crippen LogP contribution in [0.25, 0.3) is 0 Å². The number of likely N-dealkylation sites (tertiary alicyclic amines) is 1. The molecule has 0 spiro atoms. The molecule has 0 aromatic carbocycles. The van der Waals surface area contributed by atoms with Gasteiger partial charge in [-0.15, -0.1) is 11.3 Å². The van der Waals surface area contributed by atoms with Crippen LogP contribution in [0.1, 0.15) is 29.3 Å². The molecule has 6 heteroatoms. The Morgan fingerprint density at radius 3 is 2.90 bits per heavy atom. The average Bonchev–Trinajstić information content (AvgIpc) is 3.12. The molecule has 21 heavy (non-hydrogen) atoms. The van der Waals surface area contributed by atoms with E-state index >= 15 is 0 Å². The molecule has 0 saturated carbocycles. The number of piperidine rings is 1. The Morgan fingerprint density at radius 2 is 2.29 bits per heavy atom. The van der Waals surface area contributed by atoms with Gasteiger partial charge < -0.3 is 5.11 Å². The number of aliphatic carboxylic acids is 1. The fraction of sp³-hybridized carbons (Fsp3) is 0.400. The zero-order valence-electron chi connectivity index (χ0n) is 11.4. The number of carboxylic acids is 1. The summed E-state index contributed by atoms with van der Waals surface area (Å²) in [7, 11) is 0. The lowest BCUT2D eigenvalue weighted by Crippen LogP contribution is -2.40. The van der Waals surface area contributed by atoms with Crippen molar-refractivity contribution in [3.05, 3.63) is 43.7 Å². The zero-order valence-corrected chi connectivity index (χ0v) is 13.8. The minimum atomic E-state index is -0.687. The number of hydrogen-bond acceptors (Lipinski definition) is 4. The van der Waals surface area contributed by atoms with Crippen LogP contribution < -0.4 is 0 Å². The van der Waals surface area contributed by atoms with Crippen LogP contribution in [-0.4, -0.2) is 29.1 Å². The molecule has 2 aromatic rings. The van der Waals surface area contributed by atoms with Gasteiger partial charge >= 0.3 is 5.97 Å². The van der Waals surface area contributed by atoms with Crippen molar-refractivity contribution in [3.63, 3.8) is 0 Å². The van der Waals surface area contributed by atoms with Crippen LogP contribution in [0.5, 0.6) is 0 Å². The van der Waals surface area contributed by atoms with E-state index in [4.69, 9.17) is 11.6 Å². The van der Waals surface area contributed by atoms with Gasteiger partial charge in [0.15, 0.2) is 0 Å². The lowest BCUT2D eigenvalue weighted by atomic mass is 9.95. The first kappa shape index (κ1) is 15.0. The second-order valence-electron chi connectivity index (χ2n) is 5.27. The van der Waals surface area contributed by atoms with Crippen molar-refractivity contribution in [2.45, 2.75) is 18.9 Å². The van der Waals surface area contributed by atoms with Crippen molar-refractivity contribution in [1.29, 1.82) is 0 Å². The Balaban J connectivity index is 1.90. The fourth-order valence-corrected chi connectivity index (χ4v) is 4.81. The van der Waals surface area contributed by atoms with E-state index in [1.54, 1.807) is 22.7 Å². The number of halogens is 1. The third-order valence-corrected chi connectivity index (χ3v) is 5.87. The lowest BCUT2D eigenvalue weighted by Gasteiger charge is -2.36. The lowest BCUT2D eigenvalue weighted by molar-refractivity contribution is -0.143. The van der Waals surface area contributed by atoms with Gasteiger partial charge in [-0.3, -0.25) is 9.69 Å². The summed E-state index contributed by atoms with van der Waals surface area (Å²) in [5.41, 5.74) is 1.23. The molecule has 2 aromatic heterocycles. The third kappa shape index (κ3) is 3.31. The molecule has 2 unspecified atom stereocenters. The van der Waals surface area contributed by atoms with Crippen LogP contribution in [0.15, 0.2) is 29.0 Å². The normalized spacial score (nSPS) is 21.3. The Labute approximate surface area is 136 Å². The van der Waals surface area contributed by atoms with Gasteiger partial charge in [-0.2, -0.15) is 11.3 Å². The van der Waals surface area contributed by atoms with Crippen molar-refractivity contribution in [3.8, 4) is 0 Å². The molecule has 3 heterocycles. The number of hydrogen-bond donors (Lipinski definition) is 1. The number of carboxylic acid groups (broad SMARTS) is 1. The highest BCUT2D eigenvalue weighted by Crippen LogP contribution is 2.38. The Hall–Kier alpha value is -0.880. The monoisotopic (exact) mass is 341 g/mol. The minimum Gasteiger partial charge on any atom is -0.481 e. The van der Waals surface area contributed by atoms with Gasteiger partial charge in [0.05, 0.1) is 16.3 Å². The first-order valence-corrected chi connectivity index (χ1v) is 9.03. The predicted molar refractivity (Wildman–Crippen MR) is 87.4 cm³/mol. The van der Waals surface area contributed by atoms with Gasteiger partial charge in [0.2, 0.25) is 0 Å². The van der Waals surface area contributed by atoms with Gasteiger partial charge in [-0.25, -0.2) is 0 Å². The minimum absolute atomic E-state index is 0.121. The number of rotatable bonds is 4. The van der Waals surface area contributed by atoms with Crippen molar-refractivity contribution in [2.75, 3.05) is 13.1 Å². The summed E-state index contributed by atoms with van der Waals surface area (Å²) in [6.45, 7) is 1.53. The van der Waals surface area contributed by atoms with Crippen LogP contribution in [-0.2, 0) is 4.79 Å². The molecule has 1 N–H and O–H groups in total. The van der Waals surface area contributed by atoms with Gasteiger partial charge in [-0.1, -0.05) is 11.6 Å². The van der Waals surface area contributed by atoms with E-state index in [0.717, 1.165) is 23.7 Å². The largest absolute Gasteiger partial charge is 0.481 e. The summed E-state index contributed by atoms with van der Waals surface area (Å²) in [6, 6.07) is 6.21. The first-order chi connectivity index (χ1) is 10.1. The number of nitrogens with zero attached hydrogens (tertiary/aromatic N) is 1. The molecular formula is C15H16ClNO2S2. The van der Waals surface area contributed by atoms with Crippen LogP contribution >= 0.6 is 34.3 Å². The van der Waals surface area contributed by atoms with Crippen LogP contribution in [0.2, 0.25) is 4.34 Å². The van der Waals surface area contributed by atoms with Crippen molar-refractivity contribution >= 4 is 40.2 Å². The highest BCUT2D eigenvalue weighted by Gasteiger charge is 2.32. The third-order valence-electron chi connectivity index (χ3n) is 3.89. The average molecular weight is 342 g/mol. The van der Waals surface area contributed by atoms with E-state index in [1.165, 1.54) is 10.4 Å². The molecule has 1 saturated heterocycles. The fourth-order valence-electron chi connectivity index (χ4n) is 2.90. The Morgan fingerprint density at radius 1 is 1.43 bits per heavy atom. The maximum Gasteiger partial charge on any atom is 0.307 e. The molecule has 1 aliphatic heterocycles. The number of thiophene rings is 2. The quantitative estimate of drug-likeness (QED) is 0.898. The van der Waals surface area contributed by atoms with E-state index in [2.05, 4.69) is 27.8 Å². The van der Waals surface area contributed by atoms with E-state index in [9.17, 15) is 9.90 Å². The molecule has 3 rings (SSSR count). The van der Waals surface area contributed by atoms with Gasteiger partial charge in [0, 0.05) is 11.4 Å².